The van der Waals surface area contributed by atoms with E-state index < -0.39 is 0 Å². The Morgan fingerprint density at radius 1 is 1.25 bits per heavy atom. The number of rotatable bonds is 9. The van der Waals surface area contributed by atoms with Crippen LogP contribution >= 0.6 is 24.0 Å². The number of pyridine rings is 1. The van der Waals surface area contributed by atoms with Gasteiger partial charge in [0.25, 0.3) is 0 Å². The van der Waals surface area contributed by atoms with Crippen LogP contribution in [0.5, 0.6) is 0 Å². The van der Waals surface area contributed by atoms with Gasteiger partial charge < -0.3 is 20.3 Å². The summed E-state index contributed by atoms with van der Waals surface area (Å²) < 4.78 is 5.92. The first-order valence-corrected chi connectivity index (χ1v) is 11.0. The van der Waals surface area contributed by atoms with E-state index in [0.29, 0.717) is 31.3 Å². The van der Waals surface area contributed by atoms with Gasteiger partial charge in [-0.05, 0) is 37.5 Å². The fourth-order valence-corrected chi connectivity index (χ4v) is 3.52. The van der Waals surface area contributed by atoms with Crippen LogP contribution in [0.15, 0.2) is 53.7 Å². The summed E-state index contributed by atoms with van der Waals surface area (Å²) >= 11 is 0. The topological polar surface area (TPSA) is 78.8 Å². The average molecular weight is 551 g/mol. The summed E-state index contributed by atoms with van der Waals surface area (Å²) in [6.07, 6.45) is 3.14. The largest absolute Gasteiger partial charge is 0.376 e. The van der Waals surface area contributed by atoms with Crippen LogP contribution < -0.4 is 10.6 Å². The van der Waals surface area contributed by atoms with Crippen LogP contribution in [0.3, 0.4) is 0 Å². The standard InChI is InChI=1S/C24H33N5O2.HI/c1-3-25-24(26-13-11-23(30)28-22-10-9-19(2)15-27-22)29-14-12-21(16-29)18-31-17-20-7-5-4-6-8-20;/h4-10,15,21H,3,11-14,16-18H2,1-2H3,(H,25,26)(H,27,28,30);1H. The average Bonchev–Trinajstić information content (AvgIpc) is 3.24. The zero-order chi connectivity index (χ0) is 21.9. The van der Waals surface area contributed by atoms with Crippen molar-refractivity contribution in [2.75, 3.05) is 38.1 Å². The zero-order valence-corrected chi connectivity index (χ0v) is 21.2. The van der Waals surface area contributed by atoms with E-state index in [1.165, 1.54) is 5.56 Å². The number of guanidine groups is 1. The smallest absolute Gasteiger partial charge is 0.227 e. The van der Waals surface area contributed by atoms with Gasteiger partial charge in [0.2, 0.25) is 5.91 Å². The molecule has 32 heavy (non-hydrogen) atoms. The number of halogens is 1. The van der Waals surface area contributed by atoms with E-state index in [2.05, 4.69) is 44.6 Å². The number of carbonyl (C=O) groups excluding carboxylic acids is 1. The third kappa shape index (κ3) is 8.74. The van der Waals surface area contributed by atoms with Crippen LogP contribution in [-0.2, 0) is 16.1 Å². The molecule has 1 aliphatic rings. The highest BCUT2D eigenvalue weighted by molar-refractivity contribution is 14.0. The Balaban J connectivity index is 0.00000363. The quantitative estimate of drug-likeness (QED) is 0.282. The lowest BCUT2D eigenvalue weighted by Gasteiger charge is -2.21. The minimum absolute atomic E-state index is 0. The molecular formula is C24H34IN5O2. The first-order valence-electron chi connectivity index (χ1n) is 11.0. The number of hydrogen-bond donors (Lipinski definition) is 2. The summed E-state index contributed by atoms with van der Waals surface area (Å²) in [6, 6.07) is 14.0. The molecule has 0 aliphatic carbocycles. The number of amides is 1. The lowest BCUT2D eigenvalue weighted by molar-refractivity contribution is -0.116. The summed E-state index contributed by atoms with van der Waals surface area (Å²) in [5.41, 5.74) is 2.26. The maximum Gasteiger partial charge on any atom is 0.227 e. The molecule has 174 valence electrons. The van der Waals surface area contributed by atoms with Gasteiger partial charge in [-0.1, -0.05) is 36.4 Å². The van der Waals surface area contributed by atoms with E-state index in [-0.39, 0.29) is 29.9 Å². The maximum atomic E-state index is 12.2. The molecule has 1 unspecified atom stereocenters. The molecule has 0 spiro atoms. The number of nitrogens with zero attached hydrogens (tertiary/aromatic N) is 3. The zero-order valence-electron chi connectivity index (χ0n) is 18.9. The van der Waals surface area contributed by atoms with Crippen molar-refractivity contribution < 1.29 is 9.53 Å². The summed E-state index contributed by atoms with van der Waals surface area (Å²) in [6.45, 7) is 8.52. The third-order valence-electron chi connectivity index (χ3n) is 5.16. The van der Waals surface area contributed by atoms with Crippen molar-refractivity contribution in [3.63, 3.8) is 0 Å². The van der Waals surface area contributed by atoms with Crippen LogP contribution in [0.25, 0.3) is 0 Å². The first kappa shape index (κ1) is 26.1. The fourth-order valence-electron chi connectivity index (χ4n) is 3.52. The fraction of sp³-hybridized carbons (Fsp3) is 0.458. The molecule has 1 aromatic heterocycles. The molecule has 8 heteroatoms. The van der Waals surface area contributed by atoms with Gasteiger partial charge in [0.05, 0.1) is 19.8 Å². The van der Waals surface area contributed by atoms with Gasteiger partial charge in [0.15, 0.2) is 5.96 Å². The van der Waals surface area contributed by atoms with E-state index in [4.69, 9.17) is 4.74 Å². The van der Waals surface area contributed by atoms with Crippen molar-refractivity contribution in [1.29, 1.82) is 0 Å². The van der Waals surface area contributed by atoms with E-state index in [9.17, 15) is 4.79 Å². The van der Waals surface area contributed by atoms with Crippen molar-refractivity contribution in [2.45, 2.75) is 33.3 Å². The molecule has 1 aromatic carbocycles. The van der Waals surface area contributed by atoms with Gasteiger partial charge in [-0.3, -0.25) is 9.79 Å². The van der Waals surface area contributed by atoms with Crippen LogP contribution in [0, 0.1) is 12.8 Å². The lowest BCUT2D eigenvalue weighted by atomic mass is 10.1. The monoisotopic (exact) mass is 551 g/mol. The molecule has 2 aromatic rings. The number of aryl methyl sites for hydroxylation is 1. The summed E-state index contributed by atoms with van der Waals surface area (Å²) in [7, 11) is 0. The third-order valence-corrected chi connectivity index (χ3v) is 5.16. The normalized spacial score (nSPS) is 15.9. The van der Waals surface area contributed by atoms with Crippen molar-refractivity contribution in [2.24, 2.45) is 10.9 Å². The molecule has 1 fully saturated rings. The summed E-state index contributed by atoms with van der Waals surface area (Å²) in [5, 5.41) is 6.17. The number of hydrogen-bond acceptors (Lipinski definition) is 4. The second kappa shape index (κ2) is 14.1. The Bertz CT molecular complexity index is 845. The van der Waals surface area contributed by atoms with Crippen LogP contribution in [-0.4, -0.2) is 54.5 Å². The summed E-state index contributed by atoms with van der Waals surface area (Å²) in [5.74, 6) is 1.85. The number of carbonyl (C=O) groups is 1. The van der Waals surface area contributed by atoms with Crippen molar-refractivity contribution in [3.8, 4) is 0 Å². The minimum Gasteiger partial charge on any atom is -0.376 e. The predicted octanol–water partition coefficient (Wildman–Crippen LogP) is 3.84. The molecular weight excluding hydrogens is 517 g/mol. The Morgan fingerprint density at radius 2 is 2.06 bits per heavy atom. The Kier molecular flexibility index (Phi) is 11.4. The number of anilines is 1. The molecule has 1 atom stereocenters. The van der Waals surface area contributed by atoms with E-state index >= 15 is 0 Å². The number of likely N-dealkylation sites (tertiary alicyclic amines) is 1. The molecule has 7 nitrogen and oxygen atoms in total. The number of ether oxygens (including phenoxy) is 1. The van der Waals surface area contributed by atoms with Gasteiger partial charge in [-0.2, -0.15) is 0 Å². The summed E-state index contributed by atoms with van der Waals surface area (Å²) in [4.78, 5) is 23.3. The highest BCUT2D eigenvalue weighted by atomic mass is 127. The molecule has 3 rings (SSSR count). The number of aliphatic imine (C=N–C) groups is 1. The molecule has 2 N–H and O–H groups in total. The predicted molar refractivity (Wildman–Crippen MR) is 139 cm³/mol. The minimum atomic E-state index is -0.0791. The second-order valence-corrected chi connectivity index (χ2v) is 7.86. The van der Waals surface area contributed by atoms with E-state index in [1.54, 1.807) is 6.20 Å². The molecule has 0 saturated carbocycles. The SMILES string of the molecule is CCNC(=NCCC(=O)Nc1ccc(C)cn1)N1CCC(COCc2ccccc2)C1.I. The van der Waals surface area contributed by atoms with E-state index in [0.717, 1.165) is 44.2 Å². The highest BCUT2D eigenvalue weighted by Gasteiger charge is 2.25. The molecule has 0 bridgehead atoms. The molecule has 1 aliphatic heterocycles. The molecule has 2 heterocycles. The van der Waals surface area contributed by atoms with Crippen molar-refractivity contribution in [3.05, 3.63) is 59.8 Å². The highest BCUT2D eigenvalue weighted by Crippen LogP contribution is 2.17. The second-order valence-electron chi connectivity index (χ2n) is 7.86. The van der Waals surface area contributed by atoms with Gasteiger partial charge in [0, 0.05) is 38.2 Å². The lowest BCUT2D eigenvalue weighted by Crippen LogP contribution is -2.40. The van der Waals surface area contributed by atoms with Gasteiger partial charge in [-0.25, -0.2) is 4.98 Å². The molecule has 0 radical (unpaired) electrons. The Hall–Kier alpha value is -2.20. The maximum absolute atomic E-state index is 12.2. The van der Waals surface area contributed by atoms with Crippen molar-refractivity contribution >= 4 is 41.7 Å². The first-order chi connectivity index (χ1) is 15.1. The molecule has 1 saturated heterocycles. The molecule has 1 amide bonds. The van der Waals surface area contributed by atoms with Gasteiger partial charge in [-0.15, -0.1) is 24.0 Å². The van der Waals surface area contributed by atoms with Gasteiger partial charge in [0.1, 0.15) is 5.82 Å². The number of benzene rings is 1. The number of aromatic nitrogens is 1. The Morgan fingerprint density at radius 3 is 2.78 bits per heavy atom. The Labute approximate surface area is 208 Å². The van der Waals surface area contributed by atoms with Gasteiger partial charge >= 0.3 is 0 Å². The number of nitrogens with one attached hydrogen (secondary N) is 2. The van der Waals surface area contributed by atoms with Crippen LogP contribution in [0.2, 0.25) is 0 Å². The van der Waals surface area contributed by atoms with Crippen molar-refractivity contribution in [1.82, 2.24) is 15.2 Å². The van der Waals surface area contributed by atoms with Crippen LogP contribution in [0.4, 0.5) is 5.82 Å². The van der Waals surface area contributed by atoms with E-state index in [1.807, 2.05) is 37.3 Å². The van der Waals surface area contributed by atoms with Crippen LogP contribution in [0.1, 0.15) is 30.9 Å².